The van der Waals surface area contributed by atoms with Crippen LogP contribution in [0.5, 0.6) is 0 Å². The van der Waals surface area contributed by atoms with Crippen molar-refractivity contribution in [1.29, 1.82) is 0 Å². The number of nitrogens with zero attached hydrogens (tertiary/aromatic N) is 1. The number of fused-ring (bicyclic) bond motifs is 16. The van der Waals surface area contributed by atoms with Crippen molar-refractivity contribution in [1.82, 2.24) is 0 Å². The van der Waals surface area contributed by atoms with Gasteiger partial charge >= 0.3 is 0 Å². The third-order valence-electron chi connectivity index (χ3n) is 14.2. The molecule has 13 rings (SSSR count). The van der Waals surface area contributed by atoms with E-state index in [1.807, 2.05) is 0 Å². The van der Waals surface area contributed by atoms with Crippen molar-refractivity contribution >= 4 is 38.6 Å². The second-order valence-corrected chi connectivity index (χ2v) is 17.5. The maximum absolute atomic E-state index is 2.59. The smallest absolute Gasteiger partial charge is 0.0726 e. The average molecular weight is 776 g/mol. The Kier molecular flexibility index (Phi) is 7.06. The van der Waals surface area contributed by atoms with E-state index in [4.69, 9.17) is 0 Å². The molecule has 0 aliphatic heterocycles. The summed E-state index contributed by atoms with van der Waals surface area (Å²) in [6.45, 7) is 4.82. The molecule has 3 aliphatic carbocycles. The SMILES string of the molecule is CC1(C)c2ccccc2-c2c(-c3ccccc3)c(N(c3ccc4c(c3)C3(c5ccccc5-c5ccccc53)c3ccccc3-4)c3ccc4ccccc4c3)c3ccccc3c21. The van der Waals surface area contributed by atoms with Gasteiger partial charge in [-0.2, -0.15) is 0 Å². The zero-order chi connectivity index (χ0) is 40.5. The molecule has 0 atom stereocenters. The highest BCUT2D eigenvalue weighted by Crippen LogP contribution is 2.64. The quantitative estimate of drug-likeness (QED) is 0.172. The Balaban J connectivity index is 1.19. The molecule has 0 radical (unpaired) electrons. The van der Waals surface area contributed by atoms with Crippen LogP contribution in [-0.4, -0.2) is 0 Å². The first-order valence-corrected chi connectivity index (χ1v) is 21.5. The summed E-state index contributed by atoms with van der Waals surface area (Å²) in [4.78, 5) is 2.59. The summed E-state index contributed by atoms with van der Waals surface area (Å²) in [6.07, 6.45) is 0. The Bertz CT molecular complexity index is 3400. The molecule has 286 valence electrons. The predicted molar refractivity (Wildman–Crippen MR) is 255 cm³/mol. The molecule has 0 unspecified atom stereocenters. The van der Waals surface area contributed by atoms with Gasteiger partial charge in [0, 0.05) is 27.7 Å². The van der Waals surface area contributed by atoms with Gasteiger partial charge in [-0.1, -0.05) is 202 Å². The predicted octanol–water partition coefficient (Wildman–Crippen LogP) is 15.8. The van der Waals surface area contributed by atoms with Gasteiger partial charge < -0.3 is 4.90 Å². The van der Waals surface area contributed by atoms with E-state index in [0.29, 0.717) is 0 Å². The lowest BCUT2D eigenvalue weighted by molar-refractivity contribution is 0.666. The van der Waals surface area contributed by atoms with Crippen LogP contribution in [0.1, 0.15) is 47.2 Å². The Hall–Kier alpha value is -7.48. The van der Waals surface area contributed by atoms with Gasteiger partial charge in [-0.05, 0) is 113 Å². The fraction of sp³-hybridized carbons (Fsp3) is 0.0667. The Labute approximate surface area is 356 Å². The van der Waals surface area contributed by atoms with Gasteiger partial charge in [-0.15, -0.1) is 0 Å². The van der Waals surface area contributed by atoms with Crippen molar-refractivity contribution in [3.05, 3.63) is 246 Å². The van der Waals surface area contributed by atoms with Crippen LogP contribution in [0.2, 0.25) is 0 Å². The van der Waals surface area contributed by atoms with E-state index in [-0.39, 0.29) is 5.41 Å². The van der Waals surface area contributed by atoms with Crippen LogP contribution in [0.3, 0.4) is 0 Å². The van der Waals surface area contributed by atoms with E-state index in [9.17, 15) is 0 Å². The third kappa shape index (κ3) is 4.50. The molecule has 10 aromatic carbocycles. The molecule has 0 heterocycles. The minimum Gasteiger partial charge on any atom is -0.309 e. The van der Waals surface area contributed by atoms with E-state index in [1.165, 1.54) is 105 Å². The van der Waals surface area contributed by atoms with Gasteiger partial charge in [-0.3, -0.25) is 0 Å². The minimum absolute atomic E-state index is 0.198. The lowest BCUT2D eigenvalue weighted by Gasteiger charge is -2.34. The van der Waals surface area contributed by atoms with Crippen molar-refractivity contribution in [2.45, 2.75) is 24.7 Å². The molecule has 0 saturated heterocycles. The molecule has 10 aromatic rings. The fourth-order valence-electron chi connectivity index (χ4n) is 11.8. The van der Waals surface area contributed by atoms with Crippen LogP contribution in [-0.2, 0) is 10.8 Å². The van der Waals surface area contributed by atoms with E-state index in [2.05, 4.69) is 231 Å². The number of anilines is 3. The summed E-state index contributed by atoms with van der Waals surface area (Å²) in [5.41, 5.74) is 21.3. The Morgan fingerprint density at radius 2 is 0.836 bits per heavy atom. The van der Waals surface area contributed by atoms with Gasteiger partial charge in [0.1, 0.15) is 0 Å². The summed E-state index contributed by atoms with van der Waals surface area (Å²) >= 11 is 0. The highest BCUT2D eigenvalue weighted by molar-refractivity contribution is 6.16. The van der Waals surface area contributed by atoms with E-state index < -0.39 is 5.41 Å². The van der Waals surface area contributed by atoms with Crippen LogP contribution >= 0.6 is 0 Å². The number of rotatable bonds is 4. The van der Waals surface area contributed by atoms with Crippen LogP contribution in [0.25, 0.3) is 66.1 Å². The first-order valence-electron chi connectivity index (χ1n) is 21.5. The van der Waals surface area contributed by atoms with E-state index >= 15 is 0 Å². The Morgan fingerprint density at radius 3 is 1.51 bits per heavy atom. The third-order valence-corrected chi connectivity index (χ3v) is 14.2. The molecule has 0 amide bonds. The van der Waals surface area contributed by atoms with Crippen LogP contribution in [0, 0.1) is 0 Å². The maximum atomic E-state index is 2.59. The van der Waals surface area contributed by atoms with Crippen molar-refractivity contribution in [2.24, 2.45) is 0 Å². The molecule has 0 aromatic heterocycles. The minimum atomic E-state index is -0.463. The van der Waals surface area contributed by atoms with Crippen LogP contribution in [0.15, 0.2) is 212 Å². The van der Waals surface area contributed by atoms with Gasteiger partial charge in [0.25, 0.3) is 0 Å². The molecule has 1 nitrogen and oxygen atoms in total. The summed E-state index contributed by atoms with van der Waals surface area (Å²) < 4.78 is 0. The van der Waals surface area contributed by atoms with E-state index in [0.717, 1.165) is 11.4 Å². The largest absolute Gasteiger partial charge is 0.309 e. The normalized spacial score (nSPS) is 14.3. The molecule has 0 fully saturated rings. The maximum Gasteiger partial charge on any atom is 0.0726 e. The van der Waals surface area contributed by atoms with Crippen molar-refractivity contribution in [2.75, 3.05) is 4.90 Å². The lowest BCUT2D eigenvalue weighted by atomic mass is 9.70. The van der Waals surface area contributed by atoms with Crippen molar-refractivity contribution < 1.29 is 0 Å². The summed E-state index contributed by atoms with van der Waals surface area (Å²) in [7, 11) is 0. The number of hydrogen-bond donors (Lipinski definition) is 0. The topological polar surface area (TPSA) is 3.24 Å². The second kappa shape index (κ2) is 12.5. The Morgan fingerprint density at radius 1 is 0.344 bits per heavy atom. The fourth-order valence-corrected chi connectivity index (χ4v) is 11.8. The molecule has 0 bridgehead atoms. The van der Waals surface area contributed by atoms with Gasteiger partial charge in [0.05, 0.1) is 11.1 Å². The first kappa shape index (κ1) is 34.4. The average Bonchev–Trinajstić information content (AvgIpc) is 3.88. The summed E-state index contributed by atoms with van der Waals surface area (Å²) in [6, 6.07) is 79.8. The van der Waals surface area contributed by atoms with Crippen LogP contribution in [0.4, 0.5) is 17.1 Å². The number of hydrogen-bond acceptors (Lipinski definition) is 1. The zero-order valence-corrected chi connectivity index (χ0v) is 34.2. The molecule has 1 heteroatoms. The highest BCUT2D eigenvalue weighted by Gasteiger charge is 2.52. The molecular formula is C60H41N. The molecule has 0 saturated carbocycles. The zero-order valence-electron chi connectivity index (χ0n) is 34.2. The highest BCUT2D eigenvalue weighted by atomic mass is 15.1. The summed E-state index contributed by atoms with van der Waals surface area (Å²) in [5.74, 6) is 0. The molecule has 61 heavy (non-hydrogen) atoms. The first-order chi connectivity index (χ1) is 30.0. The standard InChI is InChI=1S/C60H41N/c1-59(2)50-28-14-13-27-49(50)56-55(39-19-4-3-5-20-39)58(48-26-9-8-25-47(48)57(56)59)61(41-33-32-38-18-6-7-21-40(38)36-41)42-34-35-46-45-24-12-17-31-53(45)60(54(46)37-42)51-29-15-10-22-43(51)44-23-11-16-30-52(44)60/h3-37H,1-2H3. The molecular weight excluding hydrogens is 735 g/mol. The molecule has 1 spiro atoms. The van der Waals surface area contributed by atoms with Crippen molar-refractivity contribution in [3.63, 3.8) is 0 Å². The number of benzene rings is 10. The van der Waals surface area contributed by atoms with Crippen LogP contribution < -0.4 is 4.90 Å². The van der Waals surface area contributed by atoms with Gasteiger partial charge in [-0.25, -0.2) is 0 Å². The van der Waals surface area contributed by atoms with Gasteiger partial charge in [0.15, 0.2) is 0 Å². The van der Waals surface area contributed by atoms with Gasteiger partial charge in [0.2, 0.25) is 0 Å². The van der Waals surface area contributed by atoms with E-state index in [1.54, 1.807) is 0 Å². The van der Waals surface area contributed by atoms with Crippen molar-refractivity contribution in [3.8, 4) is 44.5 Å². The summed E-state index contributed by atoms with van der Waals surface area (Å²) in [5, 5.41) is 4.98. The second-order valence-electron chi connectivity index (χ2n) is 17.5. The lowest BCUT2D eigenvalue weighted by Crippen LogP contribution is -2.26. The monoisotopic (exact) mass is 775 g/mol. The molecule has 3 aliphatic rings. The molecule has 0 N–H and O–H groups in total.